The number of amides is 2. The SMILES string of the molecule is CC1(C)C2CNCC2CN1C(=O)Nc1ccccc1Cl. The van der Waals surface area contributed by atoms with Gasteiger partial charge in [-0.05, 0) is 37.8 Å². The Hall–Kier alpha value is -1.26. The van der Waals surface area contributed by atoms with Crippen LogP contribution in [0.4, 0.5) is 10.5 Å². The molecule has 2 aliphatic heterocycles. The van der Waals surface area contributed by atoms with Crippen molar-refractivity contribution in [2.45, 2.75) is 19.4 Å². The van der Waals surface area contributed by atoms with Crippen molar-refractivity contribution >= 4 is 23.3 Å². The lowest BCUT2D eigenvalue weighted by atomic mass is 9.85. The lowest BCUT2D eigenvalue weighted by molar-refractivity contribution is 0.157. The number of nitrogens with one attached hydrogen (secondary N) is 2. The number of fused-ring (bicyclic) bond motifs is 1. The predicted octanol–water partition coefficient (Wildman–Crippen LogP) is 2.80. The molecule has 0 radical (unpaired) electrons. The van der Waals surface area contributed by atoms with Gasteiger partial charge in [0.25, 0.3) is 0 Å². The highest BCUT2D eigenvalue weighted by molar-refractivity contribution is 6.33. The first-order valence-corrected chi connectivity index (χ1v) is 7.42. The van der Waals surface area contributed by atoms with E-state index in [1.807, 2.05) is 23.1 Å². The van der Waals surface area contributed by atoms with E-state index in [9.17, 15) is 4.79 Å². The van der Waals surface area contributed by atoms with E-state index >= 15 is 0 Å². The van der Waals surface area contributed by atoms with Crippen LogP contribution in [0.5, 0.6) is 0 Å². The zero-order valence-corrected chi connectivity index (χ0v) is 12.6. The molecule has 2 atom stereocenters. The van der Waals surface area contributed by atoms with Gasteiger partial charge < -0.3 is 15.5 Å². The summed E-state index contributed by atoms with van der Waals surface area (Å²) in [6.45, 7) is 7.10. The van der Waals surface area contributed by atoms with Gasteiger partial charge in [-0.2, -0.15) is 0 Å². The van der Waals surface area contributed by atoms with Gasteiger partial charge in [-0.15, -0.1) is 0 Å². The standard InChI is InChI=1S/C15H20ClN3O/c1-15(2)11-8-17-7-10(11)9-19(15)14(20)18-13-6-4-3-5-12(13)16/h3-6,10-11,17H,7-9H2,1-2H3,(H,18,20). The molecule has 2 amide bonds. The van der Waals surface area contributed by atoms with Gasteiger partial charge in [0, 0.05) is 25.2 Å². The summed E-state index contributed by atoms with van der Waals surface area (Å²) in [7, 11) is 0. The number of likely N-dealkylation sites (tertiary alicyclic amines) is 1. The molecule has 0 aromatic heterocycles. The van der Waals surface area contributed by atoms with Crippen LogP contribution in [-0.2, 0) is 0 Å². The van der Waals surface area contributed by atoms with Crippen molar-refractivity contribution in [2.24, 2.45) is 11.8 Å². The number of nitrogens with zero attached hydrogens (tertiary/aromatic N) is 1. The van der Waals surface area contributed by atoms with Crippen molar-refractivity contribution in [1.29, 1.82) is 0 Å². The highest BCUT2D eigenvalue weighted by Crippen LogP contribution is 2.40. The van der Waals surface area contributed by atoms with Crippen LogP contribution in [0, 0.1) is 11.8 Å². The third-order valence-electron chi connectivity index (χ3n) is 4.72. The third kappa shape index (κ3) is 2.17. The molecule has 2 unspecified atom stereocenters. The lowest BCUT2D eigenvalue weighted by Gasteiger charge is -2.35. The molecule has 1 aromatic carbocycles. The zero-order valence-electron chi connectivity index (χ0n) is 11.8. The zero-order chi connectivity index (χ0) is 14.3. The number of carbonyl (C=O) groups excluding carboxylic acids is 1. The van der Waals surface area contributed by atoms with Crippen molar-refractivity contribution in [1.82, 2.24) is 10.2 Å². The molecule has 2 heterocycles. The molecule has 2 saturated heterocycles. The second kappa shape index (κ2) is 4.93. The topological polar surface area (TPSA) is 44.4 Å². The minimum Gasteiger partial charge on any atom is -0.319 e. The maximum Gasteiger partial charge on any atom is 0.322 e. The lowest BCUT2D eigenvalue weighted by Crippen LogP contribution is -2.49. The highest BCUT2D eigenvalue weighted by Gasteiger charge is 2.51. The molecule has 2 N–H and O–H groups in total. The van der Waals surface area contributed by atoms with E-state index in [1.165, 1.54) is 0 Å². The maximum absolute atomic E-state index is 12.5. The van der Waals surface area contributed by atoms with Crippen LogP contribution in [0.3, 0.4) is 0 Å². The van der Waals surface area contributed by atoms with Crippen molar-refractivity contribution < 1.29 is 4.79 Å². The fraction of sp³-hybridized carbons (Fsp3) is 0.533. The summed E-state index contributed by atoms with van der Waals surface area (Å²) >= 11 is 6.10. The number of para-hydroxylation sites is 1. The quantitative estimate of drug-likeness (QED) is 0.836. The average molecular weight is 294 g/mol. The third-order valence-corrected chi connectivity index (χ3v) is 5.05. The Balaban J connectivity index is 1.77. The van der Waals surface area contributed by atoms with Gasteiger partial charge in [0.15, 0.2) is 0 Å². The summed E-state index contributed by atoms with van der Waals surface area (Å²) in [4.78, 5) is 14.5. The number of halogens is 1. The Morgan fingerprint density at radius 3 is 2.85 bits per heavy atom. The molecule has 0 saturated carbocycles. The van der Waals surface area contributed by atoms with E-state index in [0.29, 0.717) is 22.5 Å². The van der Waals surface area contributed by atoms with E-state index in [1.54, 1.807) is 6.07 Å². The van der Waals surface area contributed by atoms with Gasteiger partial charge in [-0.25, -0.2) is 4.79 Å². The van der Waals surface area contributed by atoms with E-state index in [-0.39, 0.29) is 11.6 Å². The van der Waals surface area contributed by atoms with Gasteiger partial charge in [0.05, 0.1) is 10.7 Å². The Labute approximate surface area is 124 Å². The van der Waals surface area contributed by atoms with Crippen molar-refractivity contribution in [3.8, 4) is 0 Å². The minimum absolute atomic E-state index is 0.0579. The number of hydrogen-bond acceptors (Lipinski definition) is 2. The maximum atomic E-state index is 12.5. The van der Waals surface area contributed by atoms with Gasteiger partial charge in [-0.3, -0.25) is 0 Å². The fourth-order valence-corrected chi connectivity index (χ4v) is 3.69. The molecule has 0 aliphatic carbocycles. The molecule has 4 nitrogen and oxygen atoms in total. The first-order valence-electron chi connectivity index (χ1n) is 7.04. The van der Waals surface area contributed by atoms with E-state index in [4.69, 9.17) is 11.6 Å². The Kier molecular flexibility index (Phi) is 3.38. The van der Waals surface area contributed by atoms with Gasteiger partial charge in [0.1, 0.15) is 0 Å². The van der Waals surface area contributed by atoms with Crippen molar-refractivity contribution in [2.75, 3.05) is 25.0 Å². The molecule has 108 valence electrons. The molecular formula is C15H20ClN3O. The number of benzene rings is 1. The van der Waals surface area contributed by atoms with Crippen LogP contribution >= 0.6 is 11.6 Å². The monoisotopic (exact) mass is 293 g/mol. The highest BCUT2D eigenvalue weighted by atomic mass is 35.5. The Morgan fingerprint density at radius 1 is 1.40 bits per heavy atom. The Bertz CT molecular complexity index is 532. The fourth-order valence-electron chi connectivity index (χ4n) is 3.51. The van der Waals surface area contributed by atoms with E-state index in [2.05, 4.69) is 24.5 Å². The molecule has 0 bridgehead atoms. The largest absolute Gasteiger partial charge is 0.322 e. The van der Waals surface area contributed by atoms with Crippen LogP contribution < -0.4 is 10.6 Å². The number of urea groups is 1. The summed E-state index contributed by atoms with van der Waals surface area (Å²) < 4.78 is 0. The number of carbonyl (C=O) groups is 1. The van der Waals surface area contributed by atoms with Crippen LogP contribution in [0.2, 0.25) is 5.02 Å². The smallest absolute Gasteiger partial charge is 0.319 e. The molecule has 1 aromatic rings. The number of rotatable bonds is 1. The molecule has 0 spiro atoms. The molecular weight excluding hydrogens is 274 g/mol. The molecule has 20 heavy (non-hydrogen) atoms. The molecule has 2 fully saturated rings. The predicted molar refractivity (Wildman–Crippen MR) is 81.1 cm³/mol. The van der Waals surface area contributed by atoms with E-state index in [0.717, 1.165) is 19.6 Å². The number of anilines is 1. The van der Waals surface area contributed by atoms with Gasteiger partial charge >= 0.3 is 6.03 Å². The van der Waals surface area contributed by atoms with Gasteiger partial charge in [-0.1, -0.05) is 23.7 Å². The Morgan fingerprint density at radius 2 is 2.15 bits per heavy atom. The summed E-state index contributed by atoms with van der Waals surface area (Å²) in [5.74, 6) is 1.08. The summed E-state index contributed by atoms with van der Waals surface area (Å²) in [5, 5.41) is 6.92. The van der Waals surface area contributed by atoms with Crippen LogP contribution in [0.25, 0.3) is 0 Å². The summed E-state index contributed by atoms with van der Waals surface area (Å²) in [6.07, 6.45) is 0. The van der Waals surface area contributed by atoms with Crippen LogP contribution in [0.15, 0.2) is 24.3 Å². The summed E-state index contributed by atoms with van der Waals surface area (Å²) in [5.41, 5.74) is 0.546. The average Bonchev–Trinajstić information content (AvgIpc) is 2.95. The van der Waals surface area contributed by atoms with Crippen molar-refractivity contribution in [3.05, 3.63) is 29.3 Å². The molecule has 5 heteroatoms. The summed E-state index contributed by atoms with van der Waals surface area (Å²) in [6, 6.07) is 7.28. The normalized spacial score (nSPS) is 27.4. The second-order valence-corrected chi connectivity index (χ2v) is 6.61. The first kappa shape index (κ1) is 13.7. The van der Waals surface area contributed by atoms with Crippen LogP contribution in [-0.4, -0.2) is 36.1 Å². The van der Waals surface area contributed by atoms with Gasteiger partial charge in [0.2, 0.25) is 0 Å². The first-order chi connectivity index (χ1) is 9.50. The minimum atomic E-state index is -0.125. The molecule has 3 rings (SSSR count). The van der Waals surface area contributed by atoms with E-state index < -0.39 is 0 Å². The number of hydrogen-bond donors (Lipinski definition) is 2. The molecule has 2 aliphatic rings. The second-order valence-electron chi connectivity index (χ2n) is 6.20. The van der Waals surface area contributed by atoms with Crippen LogP contribution in [0.1, 0.15) is 13.8 Å². The van der Waals surface area contributed by atoms with Crippen molar-refractivity contribution in [3.63, 3.8) is 0 Å².